The van der Waals surface area contributed by atoms with E-state index in [2.05, 4.69) is 4.98 Å². The summed E-state index contributed by atoms with van der Waals surface area (Å²) < 4.78 is 23.7. The standard InChI is InChI=1S/C20H15FN2O3/c1-25-18-6-3-12(8-19(18)26-2)7-13(10-22)20(24)16-11-23-17-9-14(21)4-5-15(16)17/h3-9,11,23H,1-2H3/b13-7+. The van der Waals surface area contributed by atoms with Crippen LogP contribution in [0.25, 0.3) is 17.0 Å². The number of carbonyl (C=O) groups is 1. The third-order valence-electron chi connectivity index (χ3n) is 3.97. The number of hydrogen-bond donors (Lipinski definition) is 1. The van der Waals surface area contributed by atoms with Gasteiger partial charge in [-0.1, -0.05) is 6.07 Å². The van der Waals surface area contributed by atoms with Crippen molar-refractivity contribution >= 4 is 22.8 Å². The molecular formula is C20H15FN2O3. The molecule has 3 aromatic rings. The third-order valence-corrected chi connectivity index (χ3v) is 3.97. The van der Waals surface area contributed by atoms with E-state index in [-0.39, 0.29) is 5.57 Å². The Hall–Kier alpha value is -3.59. The lowest BCUT2D eigenvalue weighted by Crippen LogP contribution is -2.01. The van der Waals surface area contributed by atoms with Crippen LogP contribution in [0.3, 0.4) is 0 Å². The first kappa shape index (κ1) is 17.2. The Labute approximate surface area is 149 Å². The summed E-state index contributed by atoms with van der Waals surface area (Å²) in [7, 11) is 3.03. The van der Waals surface area contributed by atoms with Crippen molar-refractivity contribution in [1.29, 1.82) is 5.26 Å². The molecule has 0 aliphatic rings. The average Bonchev–Trinajstić information content (AvgIpc) is 3.08. The minimum absolute atomic E-state index is 0.0394. The van der Waals surface area contributed by atoms with Crippen LogP contribution in [0.2, 0.25) is 0 Å². The highest BCUT2D eigenvalue weighted by Crippen LogP contribution is 2.29. The zero-order valence-corrected chi connectivity index (χ0v) is 14.2. The van der Waals surface area contributed by atoms with Crippen molar-refractivity contribution in [3.8, 4) is 17.6 Å². The Morgan fingerprint density at radius 2 is 1.92 bits per heavy atom. The van der Waals surface area contributed by atoms with E-state index in [1.165, 1.54) is 44.7 Å². The van der Waals surface area contributed by atoms with Crippen LogP contribution in [-0.4, -0.2) is 25.0 Å². The molecule has 0 unspecified atom stereocenters. The largest absolute Gasteiger partial charge is 0.493 e. The topological polar surface area (TPSA) is 75.1 Å². The number of Topliss-reactive ketones (excluding diaryl/α,β-unsaturated/α-hetero) is 1. The maximum Gasteiger partial charge on any atom is 0.205 e. The Bertz CT molecular complexity index is 1060. The number of hydrogen-bond acceptors (Lipinski definition) is 4. The van der Waals surface area contributed by atoms with E-state index in [0.29, 0.717) is 33.5 Å². The van der Waals surface area contributed by atoms with Gasteiger partial charge in [0.1, 0.15) is 17.5 Å². The first-order chi connectivity index (χ1) is 12.6. The quantitative estimate of drug-likeness (QED) is 0.427. The number of aromatic amines is 1. The Balaban J connectivity index is 2.01. The summed E-state index contributed by atoms with van der Waals surface area (Å²) >= 11 is 0. The summed E-state index contributed by atoms with van der Waals surface area (Å²) in [5.41, 5.74) is 1.39. The van der Waals surface area contributed by atoms with Gasteiger partial charge in [0.15, 0.2) is 11.5 Å². The van der Waals surface area contributed by atoms with Gasteiger partial charge in [0, 0.05) is 22.7 Å². The number of ketones is 1. The van der Waals surface area contributed by atoms with Crippen LogP contribution in [0.5, 0.6) is 11.5 Å². The summed E-state index contributed by atoms with van der Waals surface area (Å²) in [6.07, 6.45) is 2.96. The van der Waals surface area contributed by atoms with Crippen LogP contribution in [0.15, 0.2) is 48.2 Å². The van der Waals surface area contributed by atoms with Gasteiger partial charge in [-0.05, 0) is 42.0 Å². The van der Waals surface area contributed by atoms with Crippen molar-refractivity contribution in [1.82, 2.24) is 4.98 Å². The highest BCUT2D eigenvalue weighted by Gasteiger charge is 2.17. The third kappa shape index (κ3) is 3.15. The van der Waals surface area contributed by atoms with Gasteiger partial charge in [-0.15, -0.1) is 0 Å². The van der Waals surface area contributed by atoms with Gasteiger partial charge in [0.2, 0.25) is 5.78 Å². The lowest BCUT2D eigenvalue weighted by Gasteiger charge is -2.08. The minimum atomic E-state index is -0.444. The number of ether oxygens (including phenoxy) is 2. The normalized spacial score (nSPS) is 11.2. The second-order valence-electron chi connectivity index (χ2n) is 5.51. The molecule has 0 radical (unpaired) electrons. The number of halogens is 1. The molecule has 3 rings (SSSR count). The van der Waals surface area contributed by atoms with Crippen molar-refractivity contribution in [2.75, 3.05) is 14.2 Å². The van der Waals surface area contributed by atoms with Gasteiger partial charge in [0.25, 0.3) is 0 Å². The zero-order chi connectivity index (χ0) is 18.7. The molecule has 0 spiro atoms. The van der Waals surface area contributed by atoms with Crippen LogP contribution >= 0.6 is 0 Å². The van der Waals surface area contributed by atoms with Crippen molar-refractivity contribution in [2.24, 2.45) is 0 Å². The first-order valence-corrected chi connectivity index (χ1v) is 7.72. The van der Waals surface area contributed by atoms with E-state index in [4.69, 9.17) is 9.47 Å². The van der Waals surface area contributed by atoms with E-state index in [9.17, 15) is 14.4 Å². The molecule has 5 nitrogen and oxygen atoms in total. The molecule has 0 bridgehead atoms. The van der Waals surface area contributed by atoms with Crippen LogP contribution < -0.4 is 9.47 Å². The van der Waals surface area contributed by atoms with Gasteiger partial charge < -0.3 is 14.5 Å². The highest BCUT2D eigenvalue weighted by molar-refractivity contribution is 6.19. The minimum Gasteiger partial charge on any atom is -0.493 e. The molecule has 0 atom stereocenters. The number of rotatable bonds is 5. The maximum absolute atomic E-state index is 13.3. The predicted octanol–water partition coefficient (Wildman–Crippen LogP) is 4.11. The molecule has 1 heterocycles. The molecular weight excluding hydrogens is 335 g/mol. The van der Waals surface area contributed by atoms with Crippen molar-refractivity contribution in [3.05, 3.63) is 65.1 Å². The highest BCUT2D eigenvalue weighted by atomic mass is 19.1. The summed E-state index contributed by atoms with van der Waals surface area (Å²) in [6, 6.07) is 11.1. The first-order valence-electron chi connectivity index (χ1n) is 7.72. The van der Waals surface area contributed by atoms with Gasteiger partial charge in [-0.2, -0.15) is 5.26 Å². The van der Waals surface area contributed by atoms with Gasteiger partial charge in [-0.3, -0.25) is 4.79 Å². The van der Waals surface area contributed by atoms with Crippen LogP contribution in [0.1, 0.15) is 15.9 Å². The molecule has 1 aromatic heterocycles. The van der Waals surface area contributed by atoms with E-state index in [1.807, 2.05) is 6.07 Å². The summed E-state index contributed by atoms with van der Waals surface area (Å²) in [5.74, 6) is 0.196. The van der Waals surface area contributed by atoms with Crippen molar-refractivity contribution in [3.63, 3.8) is 0 Å². The smallest absolute Gasteiger partial charge is 0.205 e. The molecule has 2 aromatic carbocycles. The SMILES string of the molecule is COc1ccc(/C=C(\C#N)C(=O)c2c[nH]c3cc(F)ccc23)cc1OC. The molecule has 0 amide bonds. The van der Waals surface area contributed by atoms with Crippen molar-refractivity contribution < 1.29 is 18.7 Å². The van der Waals surface area contributed by atoms with Gasteiger partial charge in [-0.25, -0.2) is 4.39 Å². The Kier molecular flexibility index (Phi) is 4.72. The van der Waals surface area contributed by atoms with Crippen LogP contribution in [-0.2, 0) is 0 Å². The fourth-order valence-corrected chi connectivity index (χ4v) is 2.69. The molecule has 1 N–H and O–H groups in total. The fourth-order valence-electron chi connectivity index (χ4n) is 2.69. The summed E-state index contributed by atoms with van der Waals surface area (Å²) in [6.45, 7) is 0. The van der Waals surface area contributed by atoms with Gasteiger partial charge in [0.05, 0.1) is 14.2 Å². The lowest BCUT2D eigenvalue weighted by molar-refractivity contribution is 0.104. The number of nitrogens with one attached hydrogen (secondary N) is 1. The number of nitriles is 1. The zero-order valence-electron chi connectivity index (χ0n) is 14.2. The molecule has 0 saturated carbocycles. The monoisotopic (exact) mass is 350 g/mol. The lowest BCUT2D eigenvalue weighted by atomic mass is 10.0. The Morgan fingerprint density at radius 1 is 1.15 bits per heavy atom. The number of H-pyrrole nitrogens is 1. The molecule has 0 aliphatic heterocycles. The Morgan fingerprint density at radius 3 is 2.62 bits per heavy atom. The number of methoxy groups -OCH3 is 2. The van der Waals surface area contributed by atoms with Gasteiger partial charge >= 0.3 is 0 Å². The van der Waals surface area contributed by atoms with E-state index < -0.39 is 11.6 Å². The number of benzene rings is 2. The number of allylic oxidation sites excluding steroid dienone is 1. The number of aromatic nitrogens is 1. The van der Waals surface area contributed by atoms with E-state index >= 15 is 0 Å². The molecule has 26 heavy (non-hydrogen) atoms. The molecule has 0 saturated heterocycles. The fraction of sp³-hybridized carbons (Fsp3) is 0.100. The van der Waals surface area contributed by atoms with E-state index in [0.717, 1.165) is 0 Å². The number of carbonyl (C=O) groups excluding carboxylic acids is 1. The number of nitrogens with zero attached hydrogens (tertiary/aromatic N) is 1. The maximum atomic E-state index is 13.3. The van der Waals surface area contributed by atoms with Crippen molar-refractivity contribution in [2.45, 2.75) is 0 Å². The second-order valence-corrected chi connectivity index (χ2v) is 5.51. The summed E-state index contributed by atoms with van der Waals surface area (Å²) in [4.78, 5) is 15.6. The predicted molar refractivity (Wildman–Crippen MR) is 95.7 cm³/mol. The molecule has 6 heteroatoms. The molecule has 130 valence electrons. The van der Waals surface area contributed by atoms with Crippen LogP contribution in [0.4, 0.5) is 4.39 Å². The molecule has 0 aliphatic carbocycles. The van der Waals surface area contributed by atoms with Crippen LogP contribution in [0, 0.1) is 17.1 Å². The van der Waals surface area contributed by atoms with E-state index in [1.54, 1.807) is 18.2 Å². The average molecular weight is 350 g/mol. The summed E-state index contributed by atoms with van der Waals surface area (Å²) in [5, 5.41) is 9.99. The second kappa shape index (κ2) is 7.11. The molecule has 0 fully saturated rings. The number of fused-ring (bicyclic) bond motifs is 1.